The first-order valence-corrected chi connectivity index (χ1v) is 8.14. The predicted molar refractivity (Wildman–Crippen MR) is 91.1 cm³/mol. The van der Waals surface area contributed by atoms with Crippen LogP contribution in [0.2, 0.25) is 0 Å². The highest BCUT2D eigenvalue weighted by atomic mass is 79.9. The summed E-state index contributed by atoms with van der Waals surface area (Å²) < 4.78 is 3.04. The molecule has 0 spiro atoms. The molecule has 120 valence electrons. The van der Waals surface area contributed by atoms with Crippen molar-refractivity contribution in [2.24, 2.45) is 0 Å². The van der Waals surface area contributed by atoms with Crippen molar-refractivity contribution in [3.05, 3.63) is 28.5 Å². The molecule has 0 saturated heterocycles. The van der Waals surface area contributed by atoms with E-state index in [0.29, 0.717) is 0 Å². The Morgan fingerprint density at radius 3 is 2.59 bits per heavy atom. The summed E-state index contributed by atoms with van der Waals surface area (Å²) in [4.78, 5) is 17.9. The summed E-state index contributed by atoms with van der Waals surface area (Å²) in [6, 6.07) is 5.61. The highest BCUT2D eigenvalue weighted by molar-refractivity contribution is 9.10. The molecule has 0 bridgehead atoms. The van der Waals surface area contributed by atoms with Crippen molar-refractivity contribution in [3.8, 4) is 0 Å². The number of nitrogens with zero attached hydrogens (tertiary/aromatic N) is 3. The van der Waals surface area contributed by atoms with Gasteiger partial charge in [0.25, 0.3) is 0 Å². The second-order valence-electron chi connectivity index (χ2n) is 6.35. The van der Waals surface area contributed by atoms with Crippen LogP contribution in [0.4, 0.5) is 4.79 Å². The zero-order chi connectivity index (χ0) is 16.7. The van der Waals surface area contributed by atoms with Crippen molar-refractivity contribution < 1.29 is 9.90 Å². The summed E-state index contributed by atoms with van der Waals surface area (Å²) in [6.07, 6.45) is -0.934. The Bertz CT molecular complexity index is 703. The van der Waals surface area contributed by atoms with E-state index >= 15 is 0 Å². The minimum atomic E-state index is -0.934. The molecular formula is C16H22BrN3O2. The van der Waals surface area contributed by atoms with E-state index in [-0.39, 0.29) is 6.04 Å². The Morgan fingerprint density at radius 1 is 1.45 bits per heavy atom. The number of hydrogen-bond donors (Lipinski definition) is 1. The van der Waals surface area contributed by atoms with Crippen LogP contribution in [0, 0.1) is 0 Å². The van der Waals surface area contributed by atoms with Gasteiger partial charge < -0.3 is 9.67 Å². The van der Waals surface area contributed by atoms with Gasteiger partial charge in [0.2, 0.25) is 0 Å². The van der Waals surface area contributed by atoms with Crippen LogP contribution < -0.4 is 0 Å². The fourth-order valence-electron chi connectivity index (χ4n) is 2.92. The van der Waals surface area contributed by atoms with Crippen LogP contribution >= 0.6 is 15.9 Å². The molecule has 1 N–H and O–H groups in total. The zero-order valence-corrected chi connectivity index (χ0v) is 15.2. The molecule has 0 fully saturated rings. The van der Waals surface area contributed by atoms with Crippen molar-refractivity contribution >= 4 is 33.1 Å². The van der Waals surface area contributed by atoms with Gasteiger partial charge in [0, 0.05) is 16.6 Å². The maximum atomic E-state index is 11.7. The molecule has 0 radical (unpaired) electrons. The topological polar surface area (TPSA) is 58.4 Å². The van der Waals surface area contributed by atoms with Gasteiger partial charge in [-0.3, -0.25) is 4.90 Å². The number of hydrogen-bond acceptors (Lipinski definition) is 2. The largest absolute Gasteiger partial charge is 0.465 e. The van der Waals surface area contributed by atoms with Gasteiger partial charge in [-0.1, -0.05) is 15.9 Å². The maximum Gasteiger partial charge on any atom is 0.408 e. The molecule has 1 aromatic carbocycles. The number of benzene rings is 1. The Hall–Kier alpha value is -1.56. The van der Waals surface area contributed by atoms with Crippen LogP contribution in [0.25, 0.3) is 11.0 Å². The minimum absolute atomic E-state index is 0.330. The van der Waals surface area contributed by atoms with Crippen LogP contribution in [0.15, 0.2) is 22.7 Å². The van der Waals surface area contributed by atoms with Crippen molar-refractivity contribution in [1.29, 1.82) is 0 Å². The predicted octanol–water partition coefficient (Wildman–Crippen LogP) is 4.66. The summed E-state index contributed by atoms with van der Waals surface area (Å²) in [6.45, 7) is 10.4. The van der Waals surface area contributed by atoms with Crippen molar-refractivity contribution in [3.63, 3.8) is 0 Å². The number of halogens is 1. The molecular weight excluding hydrogens is 346 g/mol. The zero-order valence-electron chi connectivity index (χ0n) is 13.6. The van der Waals surface area contributed by atoms with Crippen LogP contribution in [0.1, 0.15) is 46.5 Å². The molecule has 5 nitrogen and oxygen atoms in total. The van der Waals surface area contributed by atoms with Crippen molar-refractivity contribution in [2.45, 2.75) is 52.7 Å². The van der Waals surface area contributed by atoms with Crippen LogP contribution in [-0.2, 0) is 6.54 Å². The van der Waals surface area contributed by atoms with Gasteiger partial charge in [-0.15, -0.1) is 0 Å². The first-order valence-electron chi connectivity index (χ1n) is 7.34. The number of fused-ring (bicyclic) bond motifs is 1. The fraction of sp³-hybridized carbons (Fsp3) is 0.500. The Balaban J connectivity index is 2.60. The molecule has 6 heteroatoms. The molecule has 22 heavy (non-hydrogen) atoms. The summed E-state index contributed by atoms with van der Waals surface area (Å²) in [5, 5.41) is 9.60. The molecule has 1 amide bonds. The molecule has 0 aliphatic carbocycles. The quantitative estimate of drug-likeness (QED) is 0.857. The van der Waals surface area contributed by atoms with E-state index in [4.69, 9.17) is 0 Å². The van der Waals surface area contributed by atoms with E-state index in [1.165, 1.54) is 4.90 Å². The van der Waals surface area contributed by atoms with Crippen molar-refractivity contribution in [2.75, 3.05) is 0 Å². The lowest BCUT2D eigenvalue weighted by Crippen LogP contribution is -2.47. The standard InChI is InChI=1S/C16H22BrN3O2/c1-6-19-13-8-7-11(17)9-12(13)18-14(19)10(2)20(15(21)22)16(3,4)5/h7-10H,6H2,1-5H3,(H,21,22). The smallest absolute Gasteiger partial charge is 0.408 e. The summed E-state index contributed by atoms with van der Waals surface area (Å²) in [7, 11) is 0. The van der Waals surface area contributed by atoms with Gasteiger partial charge in [-0.2, -0.15) is 0 Å². The fourth-order valence-corrected chi connectivity index (χ4v) is 3.27. The van der Waals surface area contributed by atoms with E-state index in [2.05, 4.69) is 25.5 Å². The average molecular weight is 368 g/mol. The third-order valence-electron chi connectivity index (χ3n) is 3.75. The minimum Gasteiger partial charge on any atom is -0.465 e. The van der Waals surface area contributed by atoms with Crippen LogP contribution in [0.5, 0.6) is 0 Å². The van der Waals surface area contributed by atoms with E-state index in [0.717, 1.165) is 27.9 Å². The van der Waals surface area contributed by atoms with E-state index in [1.807, 2.05) is 52.8 Å². The number of aromatic nitrogens is 2. The molecule has 1 aromatic heterocycles. The number of rotatable bonds is 3. The average Bonchev–Trinajstić information content (AvgIpc) is 2.73. The first-order chi connectivity index (χ1) is 10.2. The number of amides is 1. The van der Waals surface area contributed by atoms with Crippen LogP contribution in [-0.4, -0.2) is 31.2 Å². The second-order valence-corrected chi connectivity index (χ2v) is 7.26. The van der Waals surface area contributed by atoms with E-state index in [9.17, 15) is 9.90 Å². The number of carbonyl (C=O) groups is 1. The Kier molecular flexibility index (Phi) is 4.52. The monoisotopic (exact) mass is 367 g/mol. The SMILES string of the molecule is CCn1c(C(C)N(C(=O)O)C(C)(C)C)nc2cc(Br)ccc21. The van der Waals surface area contributed by atoms with Crippen LogP contribution in [0.3, 0.4) is 0 Å². The second kappa shape index (κ2) is 5.91. The molecule has 2 rings (SSSR count). The van der Waals surface area contributed by atoms with Gasteiger partial charge in [0.1, 0.15) is 5.82 Å². The number of imidazole rings is 1. The van der Waals surface area contributed by atoms with Gasteiger partial charge in [0.15, 0.2) is 0 Å². The van der Waals surface area contributed by atoms with Gasteiger partial charge >= 0.3 is 6.09 Å². The Morgan fingerprint density at radius 2 is 2.09 bits per heavy atom. The normalized spacial score (nSPS) is 13.4. The van der Waals surface area contributed by atoms with Gasteiger partial charge in [-0.05, 0) is 52.8 Å². The highest BCUT2D eigenvalue weighted by Crippen LogP contribution is 2.30. The molecule has 0 saturated carbocycles. The van der Waals surface area contributed by atoms with Gasteiger partial charge in [0.05, 0.1) is 17.1 Å². The number of carboxylic acid groups (broad SMARTS) is 1. The Labute approximate surface area is 139 Å². The molecule has 1 atom stereocenters. The maximum absolute atomic E-state index is 11.7. The van der Waals surface area contributed by atoms with E-state index in [1.54, 1.807) is 0 Å². The number of aryl methyl sites for hydroxylation is 1. The summed E-state index contributed by atoms with van der Waals surface area (Å²) in [5.74, 6) is 0.771. The lowest BCUT2D eigenvalue weighted by Gasteiger charge is -2.37. The third-order valence-corrected chi connectivity index (χ3v) is 4.24. The van der Waals surface area contributed by atoms with E-state index < -0.39 is 11.6 Å². The first kappa shape index (κ1) is 16.8. The molecule has 1 unspecified atom stereocenters. The highest BCUT2D eigenvalue weighted by Gasteiger charge is 2.34. The molecule has 1 heterocycles. The molecule has 2 aromatic rings. The lowest BCUT2D eigenvalue weighted by atomic mass is 10.0. The lowest BCUT2D eigenvalue weighted by molar-refractivity contribution is 0.0717. The van der Waals surface area contributed by atoms with Crippen molar-refractivity contribution in [1.82, 2.24) is 14.5 Å². The third kappa shape index (κ3) is 2.97. The molecule has 0 aliphatic heterocycles. The van der Waals surface area contributed by atoms with Gasteiger partial charge in [-0.25, -0.2) is 9.78 Å². The molecule has 0 aliphatic rings. The summed E-state index contributed by atoms with van der Waals surface area (Å²) >= 11 is 3.46. The summed E-state index contributed by atoms with van der Waals surface area (Å²) in [5.41, 5.74) is 1.40.